The number of hydrogen-bond acceptors (Lipinski definition) is 3. The zero-order valence-electron chi connectivity index (χ0n) is 12.9. The highest BCUT2D eigenvalue weighted by Gasteiger charge is 2.25. The monoisotopic (exact) mass is 320 g/mol. The van der Waals surface area contributed by atoms with Crippen molar-refractivity contribution in [3.05, 3.63) is 29.3 Å². The molecular formula is C14H22F2N2O2S. The minimum Gasteiger partial charge on any atom is -0.309 e. The first-order valence-electron chi connectivity index (χ1n) is 6.73. The molecule has 4 nitrogen and oxygen atoms in total. The van der Waals surface area contributed by atoms with E-state index in [0.29, 0.717) is 6.42 Å². The third kappa shape index (κ3) is 4.72. The highest BCUT2D eigenvalue weighted by atomic mass is 32.2. The summed E-state index contributed by atoms with van der Waals surface area (Å²) < 4.78 is 52.9. The molecule has 21 heavy (non-hydrogen) atoms. The maximum atomic E-state index is 13.8. The van der Waals surface area contributed by atoms with Crippen LogP contribution in [0.3, 0.4) is 0 Å². The molecule has 0 aliphatic heterocycles. The second-order valence-corrected chi connectivity index (χ2v) is 7.38. The predicted octanol–water partition coefficient (Wildman–Crippen LogP) is 2.24. The average molecular weight is 320 g/mol. The molecule has 0 saturated heterocycles. The van der Waals surface area contributed by atoms with Crippen LogP contribution in [-0.4, -0.2) is 51.9 Å². The third-order valence-corrected chi connectivity index (χ3v) is 5.10. The topological polar surface area (TPSA) is 40.6 Å². The molecule has 0 spiro atoms. The van der Waals surface area contributed by atoms with Crippen molar-refractivity contribution in [3.8, 4) is 0 Å². The van der Waals surface area contributed by atoms with Gasteiger partial charge in [0.2, 0.25) is 10.0 Å². The lowest BCUT2D eigenvalue weighted by Gasteiger charge is -2.18. The molecule has 0 N–H and O–H groups in total. The maximum absolute atomic E-state index is 13.8. The van der Waals surface area contributed by atoms with Gasteiger partial charge in [0, 0.05) is 13.6 Å². The molecule has 0 amide bonds. The maximum Gasteiger partial charge on any atom is 0.245 e. The van der Waals surface area contributed by atoms with Crippen LogP contribution in [-0.2, 0) is 10.0 Å². The van der Waals surface area contributed by atoms with Gasteiger partial charge < -0.3 is 4.90 Å². The van der Waals surface area contributed by atoms with Gasteiger partial charge in [-0.2, -0.15) is 0 Å². The van der Waals surface area contributed by atoms with Gasteiger partial charge in [-0.3, -0.25) is 0 Å². The molecule has 0 atom stereocenters. The lowest BCUT2D eigenvalue weighted by molar-refractivity contribution is 0.377. The number of nitrogens with zero attached hydrogens (tertiary/aromatic N) is 2. The predicted molar refractivity (Wildman–Crippen MR) is 78.7 cm³/mol. The standard InChI is InChI=1S/C14H22F2N2O2S/c1-11-9-13(16)14(10-12(11)15)21(19,20)18(4)8-6-5-7-17(2)3/h9-10H,5-8H2,1-4H3. The van der Waals surface area contributed by atoms with Crippen LogP contribution in [0, 0.1) is 18.6 Å². The zero-order chi connectivity index (χ0) is 16.2. The van der Waals surface area contributed by atoms with Crippen LogP contribution in [0.5, 0.6) is 0 Å². The zero-order valence-corrected chi connectivity index (χ0v) is 13.7. The summed E-state index contributed by atoms with van der Waals surface area (Å²) in [5.74, 6) is -1.65. The molecule has 1 aromatic rings. The summed E-state index contributed by atoms with van der Waals surface area (Å²) in [7, 11) is 1.24. The van der Waals surface area contributed by atoms with Gasteiger partial charge in [-0.25, -0.2) is 21.5 Å². The normalized spacial score (nSPS) is 12.4. The van der Waals surface area contributed by atoms with Gasteiger partial charge in [0.05, 0.1) is 0 Å². The minimum absolute atomic E-state index is 0.0834. The number of aryl methyl sites for hydroxylation is 1. The Morgan fingerprint density at radius 1 is 1.00 bits per heavy atom. The van der Waals surface area contributed by atoms with E-state index >= 15 is 0 Å². The van der Waals surface area contributed by atoms with Gasteiger partial charge >= 0.3 is 0 Å². The fourth-order valence-corrected chi connectivity index (χ4v) is 3.14. The summed E-state index contributed by atoms with van der Waals surface area (Å²) in [4.78, 5) is 1.39. The van der Waals surface area contributed by atoms with Crippen molar-refractivity contribution in [2.45, 2.75) is 24.7 Å². The fraction of sp³-hybridized carbons (Fsp3) is 0.571. The lowest BCUT2D eigenvalue weighted by atomic mass is 10.2. The number of benzene rings is 1. The number of rotatable bonds is 7. The Labute approximate surface area is 125 Å². The second kappa shape index (κ2) is 7.29. The number of sulfonamides is 1. The van der Waals surface area contributed by atoms with Crippen LogP contribution in [0.15, 0.2) is 17.0 Å². The molecule has 120 valence electrons. The first kappa shape index (κ1) is 18.0. The number of hydrogen-bond donors (Lipinski definition) is 0. The first-order valence-corrected chi connectivity index (χ1v) is 8.17. The number of halogens is 2. The Hall–Kier alpha value is -1.05. The molecule has 0 radical (unpaired) electrons. The quantitative estimate of drug-likeness (QED) is 0.724. The Morgan fingerprint density at radius 2 is 1.57 bits per heavy atom. The van der Waals surface area contributed by atoms with Crippen molar-refractivity contribution in [3.63, 3.8) is 0 Å². The lowest BCUT2D eigenvalue weighted by Crippen LogP contribution is -2.29. The Balaban J connectivity index is 2.83. The van der Waals surface area contributed by atoms with Crippen molar-refractivity contribution >= 4 is 10.0 Å². The molecule has 0 saturated carbocycles. The molecule has 0 bridgehead atoms. The third-order valence-electron chi connectivity index (χ3n) is 3.23. The summed E-state index contributed by atoms with van der Waals surface area (Å²) in [6, 6.07) is 1.65. The Kier molecular flexibility index (Phi) is 6.24. The van der Waals surface area contributed by atoms with Gasteiger partial charge in [0.25, 0.3) is 0 Å². The van der Waals surface area contributed by atoms with Gasteiger partial charge in [-0.05, 0) is 58.1 Å². The highest BCUT2D eigenvalue weighted by Crippen LogP contribution is 2.22. The molecular weight excluding hydrogens is 298 g/mol. The van der Waals surface area contributed by atoms with E-state index in [2.05, 4.69) is 0 Å². The summed E-state index contributed by atoms with van der Waals surface area (Å²) in [6.07, 6.45) is 1.49. The van der Waals surface area contributed by atoms with Gasteiger partial charge in [0.1, 0.15) is 16.5 Å². The Bertz CT molecular complexity index is 589. The summed E-state index contributed by atoms with van der Waals surface area (Å²) in [6.45, 7) is 2.51. The molecule has 1 rings (SSSR count). The van der Waals surface area contributed by atoms with Gasteiger partial charge in [-0.15, -0.1) is 0 Å². The average Bonchev–Trinajstić information content (AvgIpc) is 2.38. The summed E-state index contributed by atoms with van der Waals surface area (Å²) >= 11 is 0. The van der Waals surface area contributed by atoms with E-state index in [1.165, 1.54) is 14.0 Å². The molecule has 0 fully saturated rings. The van der Waals surface area contributed by atoms with Gasteiger partial charge in [-0.1, -0.05) is 0 Å². The van der Waals surface area contributed by atoms with Crippen molar-refractivity contribution in [2.24, 2.45) is 0 Å². The van der Waals surface area contributed by atoms with E-state index in [4.69, 9.17) is 0 Å². The molecule has 0 unspecified atom stereocenters. The molecule has 0 heterocycles. The van der Waals surface area contributed by atoms with E-state index in [1.807, 2.05) is 19.0 Å². The SMILES string of the molecule is Cc1cc(F)c(S(=O)(=O)N(C)CCCCN(C)C)cc1F. The van der Waals surface area contributed by atoms with E-state index in [-0.39, 0.29) is 12.1 Å². The molecule has 0 aromatic heterocycles. The van der Waals surface area contributed by atoms with Crippen molar-refractivity contribution in [2.75, 3.05) is 34.2 Å². The highest BCUT2D eigenvalue weighted by molar-refractivity contribution is 7.89. The van der Waals surface area contributed by atoms with E-state index in [0.717, 1.165) is 29.4 Å². The van der Waals surface area contributed by atoms with Crippen LogP contribution in [0.4, 0.5) is 8.78 Å². The fourth-order valence-electron chi connectivity index (χ4n) is 1.88. The smallest absolute Gasteiger partial charge is 0.245 e. The van der Waals surface area contributed by atoms with Crippen LogP contribution in [0.2, 0.25) is 0 Å². The van der Waals surface area contributed by atoms with Crippen LogP contribution in [0.25, 0.3) is 0 Å². The Morgan fingerprint density at radius 3 is 2.14 bits per heavy atom. The minimum atomic E-state index is -4.00. The van der Waals surface area contributed by atoms with Crippen LogP contribution in [0.1, 0.15) is 18.4 Å². The van der Waals surface area contributed by atoms with Gasteiger partial charge in [0.15, 0.2) is 0 Å². The molecule has 0 aliphatic rings. The molecule has 7 heteroatoms. The largest absolute Gasteiger partial charge is 0.309 e. The summed E-state index contributed by atoms with van der Waals surface area (Å²) in [5, 5.41) is 0. The van der Waals surface area contributed by atoms with Crippen LogP contribution >= 0.6 is 0 Å². The van der Waals surface area contributed by atoms with E-state index in [1.54, 1.807) is 0 Å². The summed E-state index contributed by atoms with van der Waals surface area (Å²) in [5.41, 5.74) is 0.0834. The second-order valence-electron chi connectivity index (χ2n) is 5.37. The van der Waals surface area contributed by atoms with E-state index < -0.39 is 26.6 Å². The van der Waals surface area contributed by atoms with E-state index in [9.17, 15) is 17.2 Å². The number of unbranched alkanes of at least 4 members (excludes halogenated alkanes) is 1. The molecule has 0 aliphatic carbocycles. The van der Waals surface area contributed by atoms with Crippen molar-refractivity contribution in [1.82, 2.24) is 9.21 Å². The van der Waals surface area contributed by atoms with Crippen molar-refractivity contribution in [1.29, 1.82) is 0 Å². The molecule has 1 aromatic carbocycles. The van der Waals surface area contributed by atoms with Crippen molar-refractivity contribution < 1.29 is 17.2 Å². The first-order chi connectivity index (χ1) is 9.66. The van der Waals surface area contributed by atoms with Crippen LogP contribution < -0.4 is 0 Å².